The third-order valence-electron chi connectivity index (χ3n) is 3.07. The average Bonchev–Trinajstić information content (AvgIpc) is 2.35. The molecule has 0 aliphatic carbocycles. The second kappa shape index (κ2) is 8.25. The molecule has 0 saturated heterocycles. The fourth-order valence-electron chi connectivity index (χ4n) is 2.05. The standard InChI is InChI=1S/C15H25NO2/c1-12-6-7-14(13(2)10-12)15(16-3)11-18-9-5-8-17-4/h6-7,10,15-16H,5,8-9,11H2,1-4H3. The molecule has 0 amide bonds. The van der Waals surface area contributed by atoms with Crippen LogP contribution in [0.1, 0.15) is 29.2 Å². The number of aryl methyl sites for hydroxylation is 2. The minimum Gasteiger partial charge on any atom is -0.385 e. The van der Waals surface area contributed by atoms with Crippen molar-refractivity contribution in [3.05, 3.63) is 34.9 Å². The third kappa shape index (κ3) is 4.77. The van der Waals surface area contributed by atoms with Gasteiger partial charge in [-0.25, -0.2) is 0 Å². The molecule has 0 heterocycles. The summed E-state index contributed by atoms with van der Waals surface area (Å²) in [4.78, 5) is 0. The quantitative estimate of drug-likeness (QED) is 0.720. The van der Waals surface area contributed by atoms with Gasteiger partial charge in [-0.2, -0.15) is 0 Å². The first-order valence-electron chi connectivity index (χ1n) is 6.50. The number of hydrogen-bond donors (Lipinski definition) is 1. The molecule has 102 valence electrons. The van der Waals surface area contributed by atoms with Crippen LogP contribution >= 0.6 is 0 Å². The Morgan fingerprint density at radius 1 is 1.22 bits per heavy atom. The molecule has 1 unspecified atom stereocenters. The first-order valence-corrected chi connectivity index (χ1v) is 6.50. The minimum atomic E-state index is 0.258. The van der Waals surface area contributed by atoms with Crippen LogP contribution in [-0.4, -0.2) is 34.0 Å². The third-order valence-corrected chi connectivity index (χ3v) is 3.07. The van der Waals surface area contributed by atoms with Gasteiger partial charge in [-0.05, 0) is 38.4 Å². The van der Waals surface area contributed by atoms with Crippen molar-refractivity contribution < 1.29 is 9.47 Å². The van der Waals surface area contributed by atoms with E-state index in [4.69, 9.17) is 9.47 Å². The highest BCUT2D eigenvalue weighted by atomic mass is 16.5. The molecular formula is C15H25NO2. The fraction of sp³-hybridized carbons (Fsp3) is 0.600. The summed E-state index contributed by atoms with van der Waals surface area (Å²) in [6.07, 6.45) is 0.944. The van der Waals surface area contributed by atoms with Crippen molar-refractivity contribution in [1.82, 2.24) is 5.32 Å². The van der Waals surface area contributed by atoms with Crippen molar-refractivity contribution in [3.63, 3.8) is 0 Å². The first-order chi connectivity index (χ1) is 8.69. The van der Waals surface area contributed by atoms with Crippen LogP contribution in [0.15, 0.2) is 18.2 Å². The Morgan fingerprint density at radius 2 is 2.00 bits per heavy atom. The molecule has 0 aliphatic rings. The summed E-state index contributed by atoms with van der Waals surface area (Å²) in [5, 5.41) is 3.31. The molecule has 0 aromatic heterocycles. The van der Waals surface area contributed by atoms with Gasteiger partial charge in [-0.3, -0.25) is 0 Å². The number of nitrogens with one attached hydrogen (secondary N) is 1. The topological polar surface area (TPSA) is 30.5 Å². The summed E-state index contributed by atoms with van der Waals surface area (Å²) in [6.45, 7) is 6.47. The van der Waals surface area contributed by atoms with Gasteiger partial charge < -0.3 is 14.8 Å². The van der Waals surface area contributed by atoms with Gasteiger partial charge in [0.1, 0.15) is 0 Å². The van der Waals surface area contributed by atoms with Gasteiger partial charge in [0, 0.05) is 20.3 Å². The molecule has 0 aliphatic heterocycles. The molecule has 1 rings (SSSR count). The minimum absolute atomic E-state index is 0.258. The maximum absolute atomic E-state index is 5.69. The lowest BCUT2D eigenvalue weighted by Crippen LogP contribution is -2.23. The van der Waals surface area contributed by atoms with Crippen molar-refractivity contribution in [2.45, 2.75) is 26.3 Å². The number of methoxy groups -OCH3 is 1. The number of ether oxygens (including phenoxy) is 2. The van der Waals surface area contributed by atoms with E-state index in [-0.39, 0.29) is 6.04 Å². The summed E-state index contributed by atoms with van der Waals surface area (Å²) in [7, 11) is 3.69. The van der Waals surface area contributed by atoms with Crippen molar-refractivity contribution in [3.8, 4) is 0 Å². The van der Waals surface area contributed by atoms with Gasteiger partial charge in [-0.1, -0.05) is 23.8 Å². The van der Waals surface area contributed by atoms with Crippen LogP contribution in [-0.2, 0) is 9.47 Å². The van der Waals surface area contributed by atoms with Gasteiger partial charge in [0.15, 0.2) is 0 Å². The van der Waals surface area contributed by atoms with Crippen molar-refractivity contribution in [2.24, 2.45) is 0 Å². The molecular weight excluding hydrogens is 226 g/mol. The van der Waals surface area contributed by atoms with Crippen molar-refractivity contribution >= 4 is 0 Å². The predicted molar refractivity (Wildman–Crippen MR) is 75.0 cm³/mol. The molecule has 0 radical (unpaired) electrons. The van der Waals surface area contributed by atoms with E-state index in [1.807, 2.05) is 7.05 Å². The van der Waals surface area contributed by atoms with Crippen LogP contribution < -0.4 is 5.32 Å². The molecule has 18 heavy (non-hydrogen) atoms. The smallest absolute Gasteiger partial charge is 0.0661 e. The van der Waals surface area contributed by atoms with Crippen LogP contribution in [0, 0.1) is 13.8 Å². The second-order valence-electron chi connectivity index (χ2n) is 4.62. The number of benzene rings is 1. The van der Waals surface area contributed by atoms with Gasteiger partial charge in [0.25, 0.3) is 0 Å². The lowest BCUT2D eigenvalue weighted by atomic mass is 10.00. The molecule has 3 heteroatoms. The summed E-state index contributed by atoms with van der Waals surface area (Å²) in [6, 6.07) is 6.81. The molecule has 0 fully saturated rings. The zero-order valence-electron chi connectivity index (χ0n) is 12.0. The molecule has 1 aromatic carbocycles. The van der Waals surface area contributed by atoms with Gasteiger partial charge in [0.05, 0.1) is 12.6 Å². The Bertz CT molecular complexity index is 352. The van der Waals surface area contributed by atoms with E-state index >= 15 is 0 Å². The lowest BCUT2D eigenvalue weighted by Gasteiger charge is -2.19. The Hall–Kier alpha value is -0.900. The van der Waals surface area contributed by atoms with E-state index in [0.29, 0.717) is 6.61 Å². The predicted octanol–water partition coefficient (Wildman–Crippen LogP) is 2.62. The summed E-state index contributed by atoms with van der Waals surface area (Å²) in [5.74, 6) is 0. The van der Waals surface area contributed by atoms with E-state index < -0.39 is 0 Å². The fourth-order valence-corrected chi connectivity index (χ4v) is 2.05. The van der Waals surface area contributed by atoms with Crippen LogP contribution in [0.25, 0.3) is 0 Å². The SMILES string of the molecule is CNC(COCCCOC)c1ccc(C)cc1C. The molecule has 0 spiro atoms. The molecule has 1 N–H and O–H groups in total. The zero-order valence-corrected chi connectivity index (χ0v) is 12.0. The molecule has 0 bridgehead atoms. The van der Waals surface area contributed by atoms with Crippen LogP contribution in [0.4, 0.5) is 0 Å². The van der Waals surface area contributed by atoms with Crippen LogP contribution in [0.2, 0.25) is 0 Å². The molecule has 1 atom stereocenters. The van der Waals surface area contributed by atoms with E-state index in [0.717, 1.165) is 19.6 Å². The van der Waals surface area contributed by atoms with Crippen LogP contribution in [0.5, 0.6) is 0 Å². The Balaban J connectivity index is 2.49. The average molecular weight is 251 g/mol. The van der Waals surface area contributed by atoms with E-state index in [9.17, 15) is 0 Å². The molecule has 3 nitrogen and oxygen atoms in total. The monoisotopic (exact) mass is 251 g/mol. The highest BCUT2D eigenvalue weighted by Crippen LogP contribution is 2.19. The molecule has 0 saturated carbocycles. The van der Waals surface area contributed by atoms with Crippen LogP contribution in [0.3, 0.4) is 0 Å². The van der Waals surface area contributed by atoms with Crippen molar-refractivity contribution in [2.75, 3.05) is 34.0 Å². The van der Waals surface area contributed by atoms with Gasteiger partial charge >= 0.3 is 0 Å². The van der Waals surface area contributed by atoms with E-state index in [1.165, 1.54) is 16.7 Å². The zero-order chi connectivity index (χ0) is 13.4. The summed E-state index contributed by atoms with van der Waals surface area (Å²) in [5.41, 5.74) is 3.93. The van der Waals surface area contributed by atoms with Gasteiger partial charge in [-0.15, -0.1) is 0 Å². The number of hydrogen-bond acceptors (Lipinski definition) is 3. The second-order valence-corrected chi connectivity index (χ2v) is 4.62. The maximum Gasteiger partial charge on any atom is 0.0661 e. The normalized spacial score (nSPS) is 12.7. The Kier molecular flexibility index (Phi) is 6.94. The molecule has 1 aromatic rings. The Labute approximate surface area is 110 Å². The van der Waals surface area contributed by atoms with Crippen molar-refractivity contribution in [1.29, 1.82) is 0 Å². The van der Waals surface area contributed by atoms with E-state index in [2.05, 4.69) is 37.4 Å². The largest absolute Gasteiger partial charge is 0.385 e. The number of rotatable bonds is 8. The highest BCUT2D eigenvalue weighted by Gasteiger charge is 2.11. The van der Waals surface area contributed by atoms with Gasteiger partial charge in [0.2, 0.25) is 0 Å². The lowest BCUT2D eigenvalue weighted by molar-refractivity contribution is 0.0888. The maximum atomic E-state index is 5.69. The first kappa shape index (κ1) is 15.2. The summed E-state index contributed by atoms with van der Waals surface area (Å²) < 4.78 is 10.7. The summed E-state index contributed by atoms with van der Waals surface area (Å²) >= 11 is 0. The van der Waals surface area contributed by atoms with E-state index in [1.54, 1.807) is 7.11 Å². The number of likely N-dealkylation sites (N-methyl/N-ethyl adjacent to an activating group) is 1. The highest BCUT2D eigenvalue weighted by molar-refractivity contribution is 5.32. The Morgan fingerprint density at radius 3 is 2.61 bits per heavy atom.